The quantitative estimate of drug-likeness (QED) is 0.646. The Morgan fingerprint density at radius 2 is 1.93 bits per heavy atom. The van der Waals surface area contributed by atoms with Gasteiger partial charge in [-0.3, -0.25) is 0 Å². The number of hydrogen-bond donors (Lipinski definition) is 0. The first-order chi connectivity index (χ1) is 6.64. The summed E-state index contributed by atoms with van der Waals surface area (Å²) >= 11 is 0. The van der Waals surface area contributed by atoms with Gasteiger partial charge in [-0.1, -0.05) is 33.3 Å². The van der Waals surface area contributed by atoms with Gasteiger partial charge in [-0.2, -0.15) is 0 Å². The van der Waals surface area contributed by atoms with E-state index >= 15 is 0 Å². The molecule has 0 amide bonds. The first-order valence-corrected chi connectivity index (χ1v) is 5.61. The van der Waals surface area contributed by atoms with E-state index in [4.69, 9.17) is 9.47 Å². The average Bonchev–Trinajstić information content (AvgIpc) is 2.67. The summed E-state index contributed by atoms with van der Waals surface area (Å²) in [6, 6.07) is 0. The zero-order chi connectivity index (χ0) is 10.6. The molecular formula is C12H22O2. The minimum Gasteiger partial charge on any atom is -0.344 e. The molecule has 0 aromatic rings. The van der Waals surface area contributed by atoms with Crippen LogP contribution in [0.3, 0.4) is 0 Å². The predicted molar refractivity (Wildman–Crippen MR) is 58.1 cm³/mol. The molecule has 0 spiro atoms. The second-order valence-corrected chi connectivity index (χ2v) is 4.04. The standard InChI is InChI=1S/C12H22O2/c1-5-10(3)9-11(4)12(6-2)13-7-8-14-12/h9-10H,5-8H2,1-4H3/b11-9+. The Balaban J connectivity index is 2.73. The van der Waals surface area contributed by atoms with Gasteiger partial charge >= 0.3 is 0 Å². The smallest absolute Gasteiger partial charge is 0.190 e. The topological polar surface area (TPSA) is 18.5 Å². The Labute approximate surface area is 87.3 Å². The van der Waals surface area contributed by atoms with Crippen molar-refractivity contribution in [1.29, 1.82) is 0 Å². The summed E-state index contributed by atoms with van der Waals surface area (Å²) in [5.41, 5.74) is 1.23. The van der Waals surface area contributed by atoms with Crippen molar-refractivity contribution >= 4 is 0 Å². The Kier molecular flexibility index (Phi) is 4.14. The third-order valence-electron chi connectivity index (χ3n) is 3.00. The predicted octanol–water partition coefficient (Wildman–Crippen LogP) is 3.13. The molecule has 0 radical (unpaired) electrons. The Morgan fingerprint density at radius 3 is 2.36 bits per heavy atom. The molecule has 2 nitrogen and oxygen atoms in total. The van der Waals surface area contributed by atoms with Gasteiger partial charge < -0.3 is 9.47 Å². The Hall–Kier alpha value is -0.340. The molecular weight excluding hydrogens is 176 g/mol. The van der Waals surface area contributed by atoms with Gasteiger partial charge in [-0.15, -0.1) is 0 Å². The third-order valence-corrected chi connectivity index (χ3v) is 3.00. The number of allylic oxidation sites excluding steroid dienone is 1. The highest BCUT2D eigenvalue weighted by Gasteiger charge is 2.36. The van der Waals surface area contributed by atoms with Crippen molar-refractivity contribution in [2.45, 2.75) is 46.3 Å². The fraction of sp³-hybridized carbons (Fsp3) is 0.833. The van der Waals surface area contributed by atoms with Crippen molar-refractivity contribution in [2.24, 2.45) is 5.92 Å². The van der Waals surface area contributed by atoms with Crippen LogP contribution in [0.2, 0.25) is 0 Å². The molecule has 14 heavy (non-hydrogen) atoms. The molecule has 0 saturated carbocycles. The lowest BCUT2D eigenvalue weighted by atomic mass is 9.98. The van der Waals surface area contributed by atoms with E-state index in [9.17, 15) is 0 Å². The molecule has 1 aliphatic heterocycles. The fourth-order valence-electron chi connectivity index (χ4n) is 1.84. The van der Waals surface area contributed by atoms with E-state index in [1.165, 1.54) is 5.57 Å². The van der Waals surface area contributed by atoms with Crippen molar-refractivity contribution in [1.82, 2.24) is 0 Å². The maximum absolute atomic E-state index is 5.71. The van der Waals surface area contributed by atoms with E-state index in [1.54, 1.807) is 0 Å². The maximum Gasteiger partial charge on any atom is 0.190 e. The van der Waals surface area contributed by atoms with E-state index in [0.29, 0.717) is 5.92 Å². The first-order valence-electron chi connectivity index (χ1n) is 5.61. The van der Waals surface area contributed by atoms with Gasteiger partial charge in [-0.25, -0.2) is 0 Å². The highest BCUT2D eigenvalue weighted by Crippen LogP contribution is 2.31. The summed E-state index contributed by atoms with van der Waals surface area (Å²) in [5, 5.41) is 0. The summed E-state index contributed by atoms with van der Waals surface area (Å²) < 4.78 is 11.4. The van der Waals surface area contributed by atoms with Crippen LogP contribution in [0.25, 0.3) is 0 Å². The molecule has 0 aliphatic carbocycles. The molecule has 0 aromatic carbocycles. The van der Waals surface area contributed by atoms with E-state index in [1.807, 2.05) is 0 Å². The number of ether oxygens (including phenoxy) is 2. The van der Waals surface area contributed by atoms with Crippen molar-refractivity contribution in [3.05, 3.63) is 11.6 Å². The molecule has 1 aliphatic rings. The number of hydrogen-bond acceptors (Lipinski definition) is 2. The van der Waals surface area contributed by atoms with Gasteiger partial charge in [0, 0.05) is 6.42 Å². The lowest BCUT2D eigenvalue weighted by molar-refractivity contribution is -0.127. The highest BCUT2D eigenvalue weighted by atomic mass is 16.7. The zero-order valence-electron chi connectivity index (χ0n) is 9.80. The van der Waals surface area contributed by atoms with Gasteiger partial charge in [0.15, 0.2) is 5.79 Å². The maximum atomic E-state index is 5.71. The zero-order valence-corrected chi connectivity index (χ0v) is 9.80. The van der Waals surface area contributed by atoms with Crippen LogP contribution < -0.4 is 0 Å². The van der Waals surface area contributed by atoms with Crippen molar-refractivity contribution in [3.8, 4) is 0 Å². The summed E-state index contributed by atoms with van der Waals surface area (Å²) in [4.78, 5) is 0. The molecule has 0 bridgehead atoms. The van der Waals surface area contributed by atoms with Crippen molar-refractivity contribution in [2.75, 3.05) is 13.2 Å². The molecule has 1 fully saturated rings. The van der Waals surface area contributed by atoms with E-state index in [0.717, 1.165) is 26.1 Å². The summed E-state index contributed by atoms with van der Waals surface area (Å²) in [6.45, 7) is 10.1. The van der Waals surface area contributed by atoms with Gasteiger partial charge in [0.2, 0.25) is 0 Å². The summed E-state index contributed by atoms with van der Waals surface area (Å²) in [5.74, 6) is 0.190. The van der Waals surface area contributed by atoms with Crippen LogP contribution in [0.4, 0.5) is 0 Å². The Bertz CT molecular complexity index is 202. The van der Waals surface area contributed by atoms with Crippen molar-refractivity contribution in [3.63, 3.8) is 0 Å². The molecule has 1 atom stereocenters. The van der Waals surface area contributed by atoms with Crippen LogP contribution in [-0.2, 0) is 9.47 Å². The normalized spacial score (nSPS) is 23.9. The van der Waals surface area contributed by atoms with Crippen LogP contribution in [0.1, 0.15) is 40.5 Å². The minimum absolute atomic E-state index is 0.413. The average molecular weight is 198 g/mol. The lowest BCUT2D eigenvalue weighted by Gasteiger charge is -2.27. The minimum atomic E-state index is -0.413. The Morgan fingerprint density at radius 1 is 1.36 bits per heavy atom. The third kappa shape index (κ3) is 2.37. The van der Waals surface area contributed by atoms with Crippen LogP contribution in [0.5, 0.6) is 0 Å². The van der Waals surface area contributed by atoms with Gasteiger partial charge in [-0.05, 0) is 18.4 Å². The summed E-state index contributed by atoms with van der Waals surface area (Å²) in [7, 11) is 0. The molecule has 2 heteroatoms. The molecule has 0 aromatic heterocycles. The van der Waals surface area contributed by atoms with Gasteiger partial charge in [0.05, 0.1) is 13.2 Å². The molecule has 1 rings (SSSR count). The highest BCUT2D eigenvalue weighted by molar-refractivity contribution is 5.12. The van der Waals surface area contributed by atoms with Crippen LogP contribution >= 0.6 is 0 Å². The van der Waals surface area contributed by atoms with Crippen molar-refractivity contribution < 1.29 is 9.47 Å². The fourth-order valence-corrected chi connectivity index (χ4v) is 1.84. The van der Waals surface area contributed by atoms with E-state index in [2.05, 4.69) is 33.8 Å². The van der Waals surface area contributed by atoms with Crippen LogP contribution in [-0.4, -0.2) is 19.0 Å². The summed E-state index contributed by atoms with van der Waals surface area (Å²) in [6.07, 6.45) is 4.33. The van der Waals surface area contributed by atoms with E-state index < -0.39 is 5.79 Å². The molecule has 1 unspecified atom stereocenters. The van der Waals surface area contributed by atoms with Crippen LogP contribution in [0, 0.1) is 5.92 Å². The first kappa shape index (κ1) is 11.7. The second kappa shape index (κ2) is 4.94. The van der Waals surface area contributed by atoms with E-state index in [-0.39, 0.29) is 0 Å². The van der Waals surface area contributed by atoms with Gasteiger partial charge in [0.25, 0.3) is 0 Å². The SMILES string of the molecule is CCC(C)/C=C(\C)C1(CC)OCCO1. The molecule has 1 saturated heterocycles. The second-order valence-electron chi connectivity index (χ2n) is 4.04. The lowest BCUT2D eigenvalue weighted by Crippen LogP contribution is -2.30. The largest absolute Gasteiger partial charge is 0.344 e. The van der Waals surface area contributed by atoms with Crippen LogP contribution in [0.15, 0.2) is 11.6 Å². The number of rotatable bonds is 4. The molecule has 82 valence electrons. The molecule has 0 N–H and O–H groups in total. The van der Waals surface area contributed by atoms with Gasteiger partial charge in [0.1, 0.15) is 0 Å². The monoisotopic (exact) mass is 198 g/mol. The molecule has 1 heterocycles.